The lowest BCUT2D eigenvalue weighted by Gasteiger charge is -2.48. The van der Waals surface area contributed by atoms with Crippen molar-refractivity contribution >= 4 is 5.78 Å². The third-order valence-corrected chi connectivity index (χ3v) is 7.40. The highest BCUT2D eigenvalue weighted by Crippen LogP contribution is 2.61. The van der Waals surface area contributed by atoms with Crippen molar-refractivity contribution in [2.45, 2.75) is 58.8 Å². The maximum absolute atomic E-state index is 13.7. The molecule has 2 bridgehead atoms. The van der Waals surface area contributed by atoms with Gasteiger partial charge in [-0.25, -0.2) is 0 Å². The second-order valence-electron chi connectivity index (χ2n) is 9.06. The Morgan fingerprint density at radius 2 is 1.80 bits per heavy atom. The molecule has 0 aromatic carbocycles. The van der Waals surface area contributed by atoms with Crippen LogP contribution in [0.3, 0.4) is 0 Å². The van der Waals surface area contributed by atoms with Crippen LogP contribution in [0.25, 0.3) is 0 Å². The monoisotopic (exact) mass is 350 g/mol. The average Bonchev–Trinajstić information content (AvgIpc) is 2.69. The lowest BCUT2D eigenvalue weighted by atomic mass is 9.59. The number of ketones is 1. The molecule has 25 heavy (non-hydrogen) atoms. The zero-order valence-electron chi connectivity index (χ0n) is 15.7. The quantitative estimate of drug-likeness (QED) is 0.533. The molecule has 0 saturated heterocycles. The van der Waals surface area contributed by atoms with Gasteiger partial charge in [0.25, 0.3) is 0 Å². The second-order valence-corrected chi connectivity index (χ2v) is 9.06. The number of aliphatic hydroxyl groups is 4. The highest BCUT2D eigenvalue weighted by molar-refractivity contribution is 5.94. The maximum Gasteiger partial charge on any atom is 0.153 e. The molecular formula is C20H30O5. The van der Waals surface area contributed by atoms with Crippen molar-refractivity contribution in [1.29, 1.82) is 0 Å². The van der Waals surface area contributed by atoms with Gasteiger partial charge in [-0.05, 0) is 41.7 Å². The fourth-order valence-electron chi connectivity index (χ4n) is 5.64. The van der Waals surface area contributed by atoms with Gasteiger partial charge in [0.1, 0.15) is 17.8 Å². The Balaban J connectivity index is 2.37. The van der Waals surface area contributed by atoms with Gasteiger partial charge in [0, 0.05) is 5.92 Å². The van der Waals surface area contributed by atoms with Gasteiger partial charge in [0.15, 0.2) is 5.78 Å². The first-order chi connectivity index (χ1) is 11.4. The van der Waals surface area contributed by atoms with Crippen molar-refractivity contribution in [2.75, 3.05) is 6.61 Å². The number of carbonyl (C=O) groups is 1. The van der Waals surface area contributed by atoms with Gasteiger partial charge >= 0.3 is 0 Å². The number of Topliss-reactive ketones (excluding diaryl/α,β-unsaturated/α-hetero) is 1. The number of carbonyl (C=O) groups excluding carboxylic acids is 1. The molecule has 0 aliphatic heterocycles. The van der Waals surface area contributed by atoms with Crippen LogP contribution in [0.5, 0.6) is 0 Å². The van der Waals surface area contributed by atoms with Gasteiger partial charge in [0.2, 0.25) is 0 Å². The van der Waals surface area contributed by atoms with Crippen molar-refractivity contribution in [3.05, 3.63) is 23.3 Å². The molecule has 0 unspecified atom stereocenters. The van der Waals surface area contributed by atoms with Crippen LogP contribution in [0.4, 0.5) is 0 Å². The average molecular weight is 350 g/mol. The van der Waals surface area contributed by atoms with E-state index in [1.54, 1.807) is 19.1 Å². The van der Waals surface area contributed by atoms with E-state index in [1.165, 1.54) is 0 Å². The van der Waals surface area contributed by atoms with Crippen LogP contribution in [0.2, 0.25) is 0 Å². The fourth-order valence-corrected chi connectivity index (χ4v) is 5.64. The van der Waals surface area contributed by atoms with E-state index < -0.39 is 35.7 Å². The van der Waals surface area contributed by atoms with Crippen molar-refractivity contribution in [1.82, 2.24) is 0 Å². The second kappa shape index (κ2) is 5.49. The summed E-state index contributed by atoms with van der Waals surface area (Å²) >= 11 is 0. The summed E-state index contributed by atoms with van der Waals surface area (Å²) in [6, 6.07) is 0. The Bertz CT molecular complexity index is 663. The van der Waals surface area contributed by atoms with E-state index in [1.807, 2.05) is 13.8 Å². The number of aliphatic hydroxyl groups excluding tert-OH is 3. The van der Waals surface area contributed by atoms with Crippen molar-refractivity contribution in [3.63, 3.8) is 0 Å². The van der Waals surface area contributed by atoms with Crippen LogP contribution in [0.1, 0.15) is 41.0 Å². The summed E-state index contributed by atoms with van der Waals surface area (Å²) < 4.78 is 0. The zero-order chi connectivity index (χ0) is 18.9. The van der Waals surface area contributed by atoms with Crippen LogP contribution >= 0.6 is 0 Å². The number of allylic oxidation sites excluding steroid dienone is 1. The smallest absolute Gasteiger partial charge is 0.153 e. The van der Waals surface area contributed by atoms with Gasteiger partial charge in [0.05, 0.1) is 12.0 Å². The molecule has 1 fully saturated rings. The third-order valence-electron chi connectivity index (χ3n) is 7.40. The predicted octanol–water partition coefficient (Wildman–Crippen LogP) is 1.21. The number of hydrogen-bond donors (Lipinski definition) is 4. The van der Waals surface area contributed by atoms with Crippen molar-refractivity contribution < 1.29 is 25.2 Å². The van der Waals surface area contributed by atoms with E-state index in [9.17, 15) is 25.2 Å². The molecule has 0 aromatic rings. The number of rotatable bonds is 1. The standard InChI is InChI=1S/C20H30O5/c1-10-7-19-11(2)8-18(4,5)12(3)14(17(19)24)6-13(9-21)16(23)20(19,25)15(10)22/h6-7,11-12,14-16,21-23,25H,8-9H2,1-5H3/t11-,12-,14+,15+,16-,19+,20-/m1/s1. The molecule has 5 nitrogen and oxygen atoms in total. The topological polar surface area (TPSA) is 98.0 Å². The SMILES string of the molecule is CC1=C[C@]23C(=O)[C@@H](C=C(CO)[C@@H](O)[C@]2(O)[C@H]1O)[C@@H](C)C(C)(C)C[C@H]3C. The van der Waals surface area contributed by atoms with E-state index in [-0.39, 0.29) is 28.6 Å². The first kappa shape index (κ1) is 18.8. The Hall–Kier alpha value is -1.01. The maximum atomic E-state index is 13.7. The Morgan fingerprint density at radius 1 is 1.20 bits per heavy atom. The molecule has 1 spiro atoms. The molecule has 140 valence electrons. The van der Waals surface area contributed by atoms with E-state index in [0.29, 0.717) is 12.0 Å². The van der Waals surface area contributed by atoms with Crippen LogP contribution in [0.15, 0.2) is 23.3 Å². The van der Waals surface area contributed by atoms with Gasteiger partial charge in [-0.2, -0.15) is 0 Å². The highest BCUT2D eigenvalue weighted by Gasteiger charge is 2.71. The van der Waals surface area contributed by atoms with E-state index in [0.717, 1.165) is 0 Å². The Labute approximate surface area is 149 Å². The van der Waals surface area contributed by atoms with Gasteiger partial charge in [-0.3, -0.25) is 4.79 Å². The molecule has 3 rings (SSSR count). The van der Waals surface area contributed by atoms with Crippen LogP contribution in [-0.4, -0.2) is 50.6 Å². The minimum atomic E-state index is -2.06. The molecule has 0 aromatic heterocycles. The molecule has 1 saturated carbocycles. The summed E-state index contributed by atoms with van der Waals surface area (Å²) in [5.41, 5.74) is -2.89. The summed E-state index contributed by atoms with van der Waals surface area (Å²) in [6.07, 6.45) is 1.16. The first-order valence-electron chi connectivity index (χ1n) is 9.08. The predicted molar refractivity (Wildman–Crippen MR) is 93.5 cm³/mol. The fraction of sp³-hybridized carbons (Fsp3) is 0.750. The minimum Gasteiger partial charge on any atom is -0.392 e. The first-order valence-corrected chi connectivity index (χ1v) is 9.08. The van der Waals surface area contributed by atoms with Crippen LogP contribution in [0, 0.1) is 28.6 Å². The molecule has 3 aliphatic carbocycles. The molecule has 3 aliphatic rings. The van der Waals surface area contributed by atoms with Gasteiger partial charge in [-0.15, -0.1) is 0 Å². The lowest BCUT2D eigenvalue weighted by molar-refractivity contribution is -0.189. The molecule has 5 heteroatoms. The Kier molecular flexibility index (Phi) is 4.12. The van der Waals surface area contributed by atoms with Crippen molar-refractivity contribution in [2.24, 2.45) is 28.6 Å². The summed E-state index contributed by atoms with van der Waals surface area (Å²) in [6.45, 7) is 9.36. The molecule has 0 amide bonds. The van der Waals surface area contributed by atoms with E-state index >= 15 is 0 Å². The summed E-state index contributed by atoms with van der Waals surface area (Å²) in [5, 5.41) is 43.1. The van der Waals surface area contributed by atoms with Gasteiger partial charge in [-0.1, -0.05) is 39.8 Å². The third kappa shape index (κ3) is 2.07. The summed E-state index contributed by atoms with van der Waals surface area (Å²) in [4.78, 5) is 13.7. The minimum absolute atomic E-state index is 0.0237. The van der Waals surface area contributed by atoms with Crippen molar-refractivity contribution in [3.8, 4) is 0 Å². The highest BCUT2D eigenvalue weighted by atomic mass is 16.4. The molecule has 7 atom stereocenters. The van der Waals surface area contributed by atoms with E-state index in [4.69, 9.17) is 0 Å². The van der Waals surface area contributed by atoms with E-state index in [2.05, 4.69) is 13.8 Å². The molecule has 4 N–H and O–H groups in total. The van der Waals surface area contributed by atoms with Crippen LogP contribution in [-0.2, 0) is 4.79 Å². The molecule has 0 heterocycles. The summed E-state index contributed by atoms with van der Waals surface area (Å²) in [7, 11) is 0. The number of hydrogen-bond acceptors (Lipinski definition) is 5. The molecule has 0 radical (unpaired) electrons. The number of fused-ring (bicyclic) bond motifs is 1. The molecular weight excluding hydrogens is 320 g/mol. The van der Waals surface area contributed by atoms with Gasteiger partial charge < -0.3 is 20.4 Å². The Morgan fingerprint density at radius 3 is 2.36 bits per heavy atom. The lowest BCUT2D eigenvalue weighted by Crippen LogP contribution is -2.65. The zero-order valence-corrected chi connectivity index (χ0v) is 15.7. The summed E-state index contributed by atoms with van der Waals surface area (Å²) in [5.74, 6) is -0.982. The normalized spacial score (nSPS) is 49.0. The largest absolute Gasteiger partial charge is 0.392 e. The van der Waals surface area contributed by atoms with Crippen LogP contribution < -0.4 is 0 Å².